The predicted octanol–water partition coefficient (Wildman–Crippen LogP) is 1.84. The number of hydrogen-bond acceptors (Lipinski definition) is 2. The molecule has 0 radical (unpaired) electrons. The van der Waals surface area contributed by atoms with Crippen molar-refractivity contribution in [2.45, 2.75) is 6.18 Å². The van der Waals surface area contributed by atoms with Crippen molar-refractivity contribution in [2.75, 3.05) is 10.6 Å². The molecular formula is C9H8F3N3OS. The van der Waals surface area contributed by atoms with Crippen LogP contribution in [-0.2, 0) is 4.79 Å². The number of nitrogens with one attached hydrogen (secondary N) is 2. The zero-order valence-electron chi connectivity index (χ0n) is 8.34. The van der Waals surface area contributed by atoms with Gasteiger partial charge in [0.25, 0.3) is 0 Å². The largest absolute Gasteiger partial charge is 0.471 e. The van der Waals surface area contributed by atoms with Crippen LogP contribution in [-0.4, -0.2) is 17.2 Å². The minimum Gasteiger partial charge on any atom is -0.376 e. The van der Waals surface area contributed by atoms with Crippen LogP contribution in [0.1, 0.15) is 0 Å². The van der Waals surface area contributed by atoms with E-state index >= 15 is 0 Å². The molecule has 0 saturated heterocycles. The average molecular weight is 263 g/mol. The Morgan fingerprint density at radius 3 is 1.88 bits per heavy atom. The number of anilines is 2. The molecule has 17 heavy (non-hydrogen) atoms. The van der Waals surface area contributed by atoms with Gasteiger partial charge in [-0.1, -0.05) is 0 Å². The molecule has 0 aliphatic heterocycles. The monoisotopic (exact) mass is 263 g/mol. The van der Waals surface area contributed by atoms with Crippen molar-refractivity contribution in [3.63, 3.8) is 0 Å². The first-order chi connectivity index (χ1) is 7.79. The summed E-state index contributed by atoms with van der Waals surface area (Å²) in [5.74, 6) is -2.02. The number of thiocarbonyl (C=S) groups is 1. The number of carbonyl (C=O) groups is 1. The van der Waals surface area contributed by atoms with Crippen LogP contribution >= 0.6 is 12.2 Å². The normalized spacial score (nSPS) is 10.8. The molecule has 0 saturated carbocycles. The summed E-state index contributed by atoms with van der Waals surface area (Å²) in [5, 5.41) is 4.34. The highest BCUT2D eigenvalue weighted by Gasteiger charge is 2.38. The first-order valence-corrected chi connectivity index (χ1v) is 4.74. The summed E-state index contributed by atoms with van der Waals surface area (Å²) in [6.45, 7) is 0. The Hall–Kier alpha value is -1.83. The van der Waals surface area contributed by atoms with Crippen LogP contribution in [0.4, 0.5) is 24.5 Å². The highest BCUT2D eigenvalue weighted by molar-refractivity contribution is 7.80. The summed E-state index contributed by atoms with van der Waals surface area (Å²) in [7, 11) is 0. The quantitative estimate of drug-likeness (QED) is 0.712. The van der Waals surface area contributed by atoms with Crippen molar-refractivity contribution in [3.8, 4) is 0 Å². The number of nitrogens with two attached hydrogens (primary N) is 1. The molecule has 0 aliphatic carbocycles. The summed E-state index contributed by atoms with van der Waals surface area (Å²) in [6, 6.07) is 5.46. The maximum Gasteiger partial charge on any atom is 0.471 e. The van der Waals surface area contributed by atoms with Crippen molar-refractivity contribution < 1.29 is 18.0 Å². The summed E-state index contributed by atoms with van der Waals surface area (Å²) >= 11 is 4.58. The lowest BCUT2D eigenvalue weighted by molar-refractivity contribution is -0.167. The van der Waals surface area contributed by atoms with Crippen LogP contribution in [0.3, 0.4) is 0 Å². The van der Waals surface area contributed by atoms with E-state index in [1.165, 1.54) is 24.3 Å². The van der Waals surface area contributed by atoms with Gasteiger partial charge in [0.2, 0.25) is 0 Å². The second-order valence-corrected chi connectivity index (χ2v) is 3.46. The molecule has 8 heteroatoms. The summed E-state index contributed by atoms with van der Waals surface area (Å²) in [6.07, 6.45) is -4.91. The number of hydrogen-bond donors (Lipinski definition) is 3. The molecule has 0 aromatic heterocycles. The number of carbonyl (C=O) groups excluding carboxylic acids is 1. The lowest BCUT2D eigenvalue weighted by Gasteiger charge is -2.09. The van der Waals surface area contributed by atoms with E-state index in [0.29, 0.717) is 5.69 Å². The molecule has 1 aromatic carbocycles. The Morgan fingerprint density at radius 2 is 1.53 bits per heavy atom. The third kappa shape index (κ3) is 4.27. The predicted molar refractivity (Wildman–Crippen MR) is 61.5 cm³/mol. The highest BCUT2D eigenvalue weighted by atomic mass is 32.1. The van der Waals surface area contributed by atoms with Gasteiger partial charge in [0.15, 0.2) is 5.11 Å². The molecule has 4 N–H and O–H groups in total. The van der Waals surface area contributed by atoms with Crippen molar-refractivity contribution in [3.05, 3.63) is 24.3 Å². The molecule has 4 nitrogen and oxygen atoms in total. The van der Waals surface area contributed by atoms with Crippen molar-refractivity contribution in [1.82, 2.24) is 0 Å². The molecule has 1 amide bonds. The molecule has 0 atom stereocenters. The van der Waals surface area contributed by atoms with Gasteiger partial charge in [-0.2, -0.15) is 13.2 Å². The van der Waals surface area contributed by atoms with Crippen LogP contribution in [0.25, 0.3) is 0 Å². The van der Waals surface area contributed by atoms with Crippen LogP contribution in [0.2, 0.25) is 0 Å². The summed E-state index contributed by atoms with van der Waals surface area (Å²) in [5.41, 5.74) is 5.75. The van der Waals surface area contributed by atoms with Gasteiger partial charge in [0, 0.05) is 11.4 Å². The standard InChI is InChI=1S/C9H8F3N3OS/c10-9(11,12)7(16)14-5-1-3-6(4-2-5)15-8(13)17/h1-4H,(H,14,16)(H3,13,15,17). The SMILES string of the molecule is NC(=S)Nc1ccc(NC(=O)C(F)(F)F)cc1. The second kappa shape index (κ2) is 5.00. The van der Waals surface area contributed by atoms with Crippen molar-refractivity contribution in [2.24, 2.45) is 5.73 Å². The molecule has 0 fully saturated rings. The van der Waals surface area contributed by atoms with Crippen LogP contribution in [0.15, 0.2) is 24.3 Å². The zero-order valence-corrected chi connectivity index (χ0v) is 9.15. The van der Waals surface area contributed by atoms with E-state index in [0.717, 1.165) is 0 Å². The Balaban J connectivity index is 2.69. The fraction of sp³-hybridized carbons (Fsp3) is 0.111. The molecular weight excluding hydrogens is 255 g/mol. The fourth-order valence-electron chi connectivity index (χ4n) is 0.981. The van der Waals surface area contributed by atoms with Gasteiger partial charge in [-0.05, 0) is 36.5 Å². The zero-order chi connectivity index (χ0) is 13.1. The van der Waals surface area contributed by atoms with Gasteiger partial charge < -0.3 is 16.4 Å². The van der Waals surface area contributed by atoms with Crippen LogP contribution in [0, 0.1) is 0 Å². The molecule has 0 unspecified atom stereocenters. The Bertz CT molecular complexity index is 430. The van der Waals surface area contributed by atoms with Crippen LogP contribution in [0.5, 0.6) is 0 Å². The minimum absolute atomic E-state index is 0.0285. The van der Waals surface area contributed by atoms with E-state index in [9.17, 15) is 18.0 Å². The molecule has 1 aromatic rings. The van der Waals surface area contributed by atoms with E-state index in [1.807, 2.05) is 0 Å². The maximum atomic E-state index is 11.9. The van der Waals surface area contributed by atoms with Crippen LogP contribution < -0.4 is 16.4 Å². The van der Waals surface area contributed by atoms with Gasteiger partial charge in [0.05, 0.1) is 0 Å². The number of rotatable bonds is 2. The maximum absolute atomic E-state index is 11.9. The van der Waals surface area contributed by atoms with Crippen molar-refractivity contribution in [1.29, 1.82) is 0 Å². The molecule has 0 heterocycles. The number of alkyl halides is 3. The first kappa shape index (κ1) is 13.2. The number of benzene rings is 1. The molecule has 0 aliphatic rings. The highest BCUT2D eigenvalue weighted by Crippen LogP contribution is 2.19. The third-order valence-electron chi connectivity index (χ3n) is 1.67. The topological polar surface area (TPSA) is 67.2 Å². The molecule has 1 rings (SSSR count). The first-order valence-electron chi connectivity index (χ1n) is 4.34. The Labute approximate surface area is 100.0 Å². The van der Waals surface area contributed by atoms with Gasteiger partial charge in [-0.15, -0.1) is 0 Å². The van der Waals surface area contributed by atoms with E-state index in [4.69, 9.17) is 5.73 Å². The van der Waals surface area contributed by atoms with Gasteiger partial charge >= 0.3 is 12.1 Å². The molecule has 0 bridgehead atoms. The summed E-state index contributed by atoms with van der Waals surface area (Å²) < 4.78 is 35.8. The smallest absolute Gasteiger partial charge is 0.376 e. The molecule has 92 valence electrons. The number of amides is 1. The second-order valence-electron chi connectivity index (χ2n) is 3.02. The lowest BCUT2D eigenvalue weighted by Crippen LogP contribution is -2.29. The Kier molecular flexibility index (Phi) is 3.89. The van der Waals surface area contributed by atoms with Gasteiger partial charge in [-0.25, -0.2) is 0 Å². The number of halogens is 3. The minimum atomic E-state index is -4.91. The van der Waals surface area contributed by atoms with E-state index < -0.39 is 12.1 Å². The van der Waals surface area contributed by atoms with E-state index in [2.05, 4.69) is 17.5 Å². The fourth-order valence-corrected chi connectivity index (χ4v) is 1.10. The lowest BCUT2D eigenvalue weighted by atomic mass is 10.3. The Morgan fingerprint density at radius 1 is 1.12 bits per heavy atom. The van der Waals surface area contributed by atoms with E-state index in [1.54, 1.807) is 5.32 Å². The molecule has 0 spiro atoms. The third-order valence-corrected chi connectivity index (χ3v) is 1.77. The van der Waals surface area contributed by atoms with Gasteiger partial charge in [0.1, 0.15) is 0 Å². The van der Waals surface area contributed by atoms with Crippen molar-refractivity contribution >= 4 is 34.6 Å². The van der Waals surface area contributed by atoms with E-state index in [-0.39, 0.29) is 10.8 Å². The summed E-state index contributed by atoms with van der Waals surface area (Å²) in [4.78, 5) is 10.6. The van der Waals surface area contributed by atoms with Gasteiger partial charge in [-0.3, -0.25) is 4.79 Å². The average Bonchev–Trinajstić information content (AvgIpc) is 2.18.